The summed E-state index contributed by atoms with van der Waals surface area (Å²) in [5.41, 5.74) is 0.0833. The van der Waals surface area contributed by atoms with Crippen molar-refractivity contribution in [3.63, 3.8) is 0 Å². The Labute approximate surface area is 180 Å². The summed E-state index contributed by atoms with van der Waals surface area (Å²) in [4.78, 5) is 13.2. The topological polar surface area (TPSA) is 38.8 Å². The Bertz CT molecular complexity index is 944. The summed E-state index contributed by atoms with van der Waals surface area (Å²) in [6, 6.07) is 15.1. The lowest BCUT2D eigenvalue weighted by atomic mass is 9.92. The van der Waals surface area contributed by atoms with Gasteiger partial charge in [-0.2, -0.15) is 0 Å². The van der Waals surface area contributed by atoms with E-state index in [1.54, 1.807) is 24.3 Å². The molecule has 4 unspecified atom stereocenters. The number of morpholine rings is 1. The van der Waals surface area contributed by atoms with Gasteiger partial charge in [0.15, 0.2) is 0 Å². The Hall–Kier alpha value is -1.76. The van der Waals surface area contributed by atoms with Crippen LogP contribution >= 0.6 is 0 Å². The van der Waals surface area contributed by atoms with Crippen molar-refractivity contribution < 1.29 is 40.1 Å². The fourth-order valence-corrected chi connectivity index (χ4v) is 5.94. The van der Waals surface area contributed by atoms with Crippen molar-refractivity contribution in [2.24, 2.45) is 0 Å². The highest BCUT2D eigenvalue weighted by atomic mass is 79.9. The number of nitrogens with zero attached hydrogens (tertiary/aromatic N) is 1. The van der Waals surface area contributed by atoms with Gasteiger partial charge in [0.05, 0.1) is 14.1 Å². The number of halogens is 2. The van der Waals surface area contributed by atoms with Gasteiger partial charge in [-0.3, -0.25) is 0 Å². The standard InChI is InChI=1S/C23H23FNO3.BrH/c1-25(2)18-11-13(12-19(25)21-20(18)28-21)27-22(26)23(24)16-9-5-3-7-14(16)15-8-4-6-10-17(15)23;/h3-10,13,18-21H,11-12H2,1-2H3;1H/q+1;/p-1. The number of carbonyl (C=O) groups excluding carboxylic acids is 1. The van der Waals surface area contributed by atoms with Crippen LogP contribution < -0.4 is 17.0 Å². The van der Waals surface area contributed by atoms with Crippen LogP contribution in [0.1, 0.15) is 24.0 Å². The van der Waals surface area contributed by atoms with Crippen LogP contribution in [0.2, 0.25) is 0 Å². The maximum Gasteiger partial charge on any atom is 0.353 e. The number of carbonyl (C=O) groups is 1. The average molecular weight is 460 g/mol. The van der Waals surface area contributed by atoms with Gasteiger partial charge < -0.3 is 30.9 Å². The van der Waals surface area contributed by atoms with Crippen molar-refractivity contribution in [3.8, 4) is 11.1 Å². The second-order valence-corrected chi connectivity index (χ2v) is 9.08. The highest BCUT2D eigenvalue weighted by Crippen LogP contribution is 2.53. The number of hydrogen-bond acceptors (Lipinski definition) is 3. The first-order chi connectivity index (χ1) is 13.4. The molecular formula is C23H23BrFNO3. The molecule has 2 aromatic rings. The molecule has 1 aliphatic carbocycles. The summed E-state index contributed by atoms with van der Waals surface area (Å²) >= 11 is 0. The number of rotatable bonds is 2. The van der Waals surface area contributed by atoms with E-state index < -0.39 is 11.6 Å². The number of benzene rings is 2. The summed E-state index contributed by atoms with van der Waals surface area (Å²) in [6.07, 6.45) is 1.76. The molecule has 4 atom stereocenters. The third kappa shape index (κ3) is 2.39. The Balaban J connectivity index is 0.00000181. The summed E-state index contributed by atoms with van der Waals surface area (Å²) < 4.78 is 29.0. The Kier molecular flexibility index (Phi) is 4.06. The molecule has 0 saturated carbocycles. The van der Waals surface area contributed by atoms with E-state index in [1.165, 1.54) is 0 Å². The number of ether oxygens (including phenoxy) is 2. The van der Waals surface area contributed by atoms with E-state index in [9.17, 15) is 4.79 Å². The lowest BCUT2D eigenvalue weighted by Gasteiger charge is -2.45. The second-order valence-electron chi connectivity index (χ2n) is 9.08. The van der Waals surface area contributed by atoms with E-state index in [2.05, 4.69) is 14.1 Å². The van der Waals surface area contributed by atoms with Crippen molar-refractivity contribution in [1.29, 1.82) is 0 Å². The van der Waals surface area contributed by atoms with Crippen LogP contribution in [0.15, 0.2) is 48.5 Å². The number of likely N-dealkylation sites (N-methyl/N-ethyl adjacent to an activating group) is 1. The molecule has 152 valence electrons. The van der Waals surface area contributed by atoms with Crippen LogP contribution in [0, 0.1) is 0 Å². The first-order valence-electron chi connectivity index (χ1n) is 10.0. The SMILES string of the molecule is C[N+]1(C)C2CC(OC(=O)C3(F)c4ccccc4-c4ccccc43)CC1C1OC12.[Br-]. The van der Waals surface area contributed by atoms with Crippen LogP contribution in [0.4, 0.5) is 4.39 Å². The van der Waals surface area contributed by atoms with Crippen LogP contribution in [0.5, 0.6) is 0 Å². The van der Waals surface area contributed by atoms with Crippen molar-refractivity contribution in [1.82, 2.24) is 0 Å². The number of alkyl halides is 1. The van der Waals surface area contributed by atoms with Gasteiger partial charge in [-0.15, -0.1) is 0 Å². The first kappa shape index (κ1) is 19.2. The van der Waals surface area contributed by atoms with E-state index in [1.807, 2.05) is 24.3 Å². The molecule has 0 N–H and O–H groups in total. The van der Waals surface area contributed by atoms with Crippen LogP contribution in [0.25, 0.3) is 11.1 Å². The van der Waals surface area contributed by atoms with Gasteiger partial charge in [-0.05, 0) is 11.1 Å². The van der Waals surface area contributed by atoms with Gasteiger partial charge in [0.2, 0.25) is 0 Å². The monoisotopic (exact) mass is 459 g/mol. The third-order valence-corrected chi connectivity index (χ3v) is 7.48. The van der Waals surface area contributed by atoms with Crippen molar-refractivity contribution in [2.75, 3.05) is 14.1 Å². The van der Waals surface area contributed by atoms with Gasteiger partial charge in [-0.1, -0.05) is 48.5 Å². The maximum atomic E-state index is 16.4. The molecule has 3 fully saturated rings. The zero-order valence-corrected chi connectivity index (χ0v) is 17.9. The third-order valence-electron chi connectivity index (χ3n) is 7.48. The first-order valence-corrected chi connectivity index (χ1v) is 10.0. The van der Waals surface area contributed by atoms with Crippen molar-refractivity contribution in [2.45, 2.75) is 48.9 Å². The normalized spacial score (nSPS) is 33.7. The minimum absolute atomic E-state index is 0. The quantitative estimate of drug-likeness (QED) is 0.365. The van der Waals surface area contributed by atoms with E-state index in [4.69, 9.17) is 9.47 Å². The van der Waals surface area contributed by atoms with Crippen molar-refractivity contribution in [3.05, 3.63) is 59.7 Å². The van der Waals surface area contributed by atoms with Crippen LogP contribution in [-0.2, 0) is 19.9 Å². The largest absolute Gasteiger partial charge is 1.00 e. The molecule has 0 spiro atoms. The molecule has 29 heavy (non-hydrogen) atoms. The number of quaternary nitrogens is 1. The van der Waals surface area contributed by atoms with Gasteiger partial charge >= 0.3 is 5.97 Å². The van der Waals surface area contributed by atoms with Crippen LogP contribution in [-0.4, -0.2) is 54.9 Å². The summed E-state index contributed by atoms with van der Waals surface area (Å²) in [6.45, 7) is 0. The zero-order chi connectivity index (χ0) is 19.3. The van der Waals surface area contributed by atoms with E-state index >= 15 is 4.39 Å². The minimum Gasteiger partial charge on any atom is -1.00 e. The summed E-state index contributed by atoms with van der Waals surface area (Å²) in [7, 11) is 4.45. The van der Waals surface area contributed by atoms with Crippen LogP contribution in [0.3, 0.4) is 0 Å². The highest BCUT2D eigenvalue weighted by Gasteiger charge is 2.71. The Morgan fingerprint density at radius 2 is 1.48 bits per heavy atom. The summed E-state index contributed by atoms with van der Waals surface area (Å²) in [5.74, 6) is -0.781. The van der Waals surface area contributed by atoms with E-state index in [-0.39, 0.29) is 35.3 Å². The average Bonchev–Trinajstić information content (AvgIpc) is 3.40. The number of hydrogen-bond donors (Lipinski definition) is 0. The van der Waals surface area contributed by atoms with Gasteiger partial charge in [0, 0.05) is 24.0 Å². The predicted molar refractivity (Wildman–Crippen MR) is 101 cm³/mol. The smallest absolute Gasteiger partial charge is 0.353 e. The highest BCUT2D eigenvalue weighted by molar-refractivity contribution is 5.96. The Morgan fingerprint density at radius 1 is 1.00 bits per heavy atom. The molecule has 3 aliphatic heterocycles. The number of piperidine rings is 1. The molecule has 4 aliphatic rings. The molecule has 6 rings (SSSR count). The predicted octanol–water partition coefficient (Wildman–Crippen LogP) is 0.184. The molecule has 6 heteroatoms. The lowest BCUT2D eigenvalue weighted by molar-refractivity contribution is -0.938. The van der Waals surface area contributed by atoms with E-state index in [0.29, 0.717) is 23.2 Å². The number of epoxide rings is 1. The van der Waals surface area contributed by atoms with E-state index in [0.717, 1.165) is 28.5 Å². The lowest BCUT2D eigenvalue weighted by Crippen LogP contribution is -3.00. The fraction of sp³-hybridized carbons (Fsp3) is 0.435. The molecule has 0 aromatic heterocycles. The van der Waals surface area contributed by atoms with Gasteiger partial charge in [-0.25, -0.2) is 9.18 Å². The molecule has 0 radical (unpaired) electrons. The van der Waals surface area contributed by atoms with Gasteiger partial charge in [0.25, 0.3) is 5.67 Å². The molecular weight excluding hydrogens is 437 g/mol. The molecule has 2 bridgehead atoms. The van der Waals surface area contributed by atoms with Crippen molar-refractivity contribution >= 4 is 5.97 Å². The molecule has 3 saturated heterocycles. The fourth-order valence-electron chi connectivity index (χ4n) is 5.94. The molecule has 4 nitrogen and oxygen atoms in total. The summed E-state index contributed by atoms with van der Waals surface area (Å²) in [5, 5.41) is 0. The van der Waals surface area contributed by atoms with Gasteiger partial charge in [0.1, 0.15) is 30.4 Å². The molecule has 0 amide bonds. The molecule has 2 aromatic carbocycles. The Morgan fingerprint density at radius 3 is 2.00 bits per heavy atom. The molecule has 3 heterocycles. The second kappa shape index (κ2) is 6.13. The number of esters is 1. The zero-order valence-electron chi connectivity index (χ0n) is 16.3. The minimum atomic E-state index is -2.24. The maximum absolute atomic E-state index is 16.4. The number of fused-ring (bicyclic) bond motifs is 8.